The van der Waals surface area contributed by atoms with Gasteiger partial charge in [-0.15, -0.1) is 6.42 Å². The lowest BCUT2D eigenvalue weighted by atomic mass is 9.92. The lowest BCUT2D eigenvalue weighted by molar-refractivity contribution is -0.144. The Bertz CT molecular complexity index is 1090. The normalized spacial score (nSPS) is 18.6. The van der Waals surface area contributed by atoms with E-state index in [1.54, 1.807) is 0 Å². The molecule has 0 saturated carbocycles. The van der Waals surface area contributed by atoms with Gasteiger partial charge in [0.05, 0.1) is 13.2 Å². The molecule has 0 radical (unpaired) electrons. The molecule has 35 heavy (non-hydrogen) atoms. The molecule has 2 aromatic rings. The Balaban J connectivity index is 1.37. The Morgan fingerprint density at radius 1 is 1.11 bits per heavy atom. The quantitative estimate of drug-likeness (QED) is 0.568. The first-order valence-corrected chi connectivity index (χ1v) is 11.6. The smallest absolute Gasteiger partial charge is 0.407 e. The number of nitrogens with zero attached hydrogens (tertiary/aromatic N) is 1. The summed E-state index contributed by atoms with van der Waals surface area (Å²) >= 11 is 0. The fourth-order valence-corrected chi connectivity index (χ4v) is 4.84. The van der Waals surface area contributed by atoms with Crippen LogP contribution in [0.15, 0.2) is 48.5 Å². The molecule has 1 heterocycles. The van der Waals surface area contributed by atoms with Gasteiger partial charge in [0.15, 0.2) is 0 Å². The predicted octanol–water partition coefficient (Wildman–Crippen LogP) is 2.87. The number of terminal acetylenes is 1. The number of carbonyl (C=O) groups excluding carboxylic acids is 2. The topological polar surface area (TPSA) is 105 Å². The van der Waals surface area contributed by atoms with E-state index in [1.807, 2.05) is 24.3 Å². The second-order valence-corrected chi connectivity index (χ2v) is 8.75. The molecule has 2 amide bonds. The molecule has 2 aliphatic rings. The summed E-state index contributed by atoms with van der Waals surface area (Å²) in [6.45, 7) is 0.352. The van der Waals surface area contributed by atoms with Crippen LogP contribution < -0.4 is 5.32 Å². The van der Waals surface area contributed by atoms with Crippen molar-refractivity contribution in [3.63, 3.8) is 0 Å². The molecule has 1 fully saturated rings. The standard InChI is InChI=1S/C27H28N2O6/c1-2-12-29(15-26(31)32)25(30)14-18-16-34-13-11-24(18)28-27(33)35-17-23-21-9-5-3-7-19(21)20-8-4-6-10-22(20)23/h1,3-10,18,23-24H,11-17H2,(H,28,33)(H,31,32). The molecule has 8 nitrogen and oxygen atoms in total. The molecule has 182 valence electrons. The van der Waals surface area contributed by atoms with Gasteiger partial charge in [-0.25, -0.2) is 4.79 Å². The van der Waals surface area contributed by atoms with Gasteiger partial charge in [-0.05, 0) is 28.7 Å². The van der Waals surface area contributed by atoms with Crippen LogP contribution in [0.25, 0.3) is 11.1 Å². The Labute approximate surface area is 204 Å². The van der Waals surface area contributed by atoms with Crippen LogP contribution in [-0.2, 0) is 19.1 Å². The molecule has 8 heteroatoms. The van der Waals surface area contributed by atoms with E-state index in [0.29, 0.717) is 13.0 Å². The zero-order chi connectivity index (χ0) is 24.8. The number of carboxylic acid groups (broad SMARTS) is 1. The van der Waals surface area contributed by atoms with Crippen molar-refractivity contribution in [1.82, 2.24) is 10.2 Å². The SMILES string of the molecule is C#CCN(CC(=O)O)C(=O)CC1COCCC1NC(=O)OCC1c2ccccc2-c2ccccc21. The van der Waals surface area contributed by atoms with E-state index in [4.69, 9.17) is 21.0 Å². The molecule has 0 spiro atoms. The van der Waals surface area contributed by atoms with Crippen LogP contribution in [0.5, 0.6) is 0 Å². The van der Waals surface area contributed by atoms with Crippen LogP contribution in [0, 0.1) is 18.3 Å². The van der Waals surface area contributed by atoms with E-state index >= 15 is 0 Å². The Kier molecular flexibility index (Phi) is 7.68. The van der Waals surface area contributed by atoms with Gasteiger partial charge < -0.3 is 24.8 Å². The van der Waals surface area contributed by atoms with Gasteiger partial charge in [-0.2, -0.15) is 0 Å². The van der Waals surface area contributed by atoms with Crippen molar-refractivity contribution >= 4 is 18.0 Å². The summed E-state index contributed by atoms with van der Waals surface area (Å²) in [5.74, 6) is 0.425. The second kappa shape index (κ2) is 11.1. The first-order chi connectivity index (χ1) is 17.0. The van der Waals surface area contributed by atoms with Crippen LogP contribution in [0.1, 0.15) is 29.9 Å². The van der Waals surface area contributed by atoms with Gasteiger partial charge in [0.25, 0.3) is 0 Å². The minimum Gasteiger partial charge on any atom is -0.480 e. The van der Waals surface area contributed by atoms with Gasteiger partial charge in [0.2, 0.25) is 5.91 Å². The highest BCUT2D eigenvalue weighted by molar-refractivity contribution is 5.82. The zero-order valence-electron chi connectivity index (χ0n) is 19.3. The van der Waals surface area contributed by atoms with Crippen molar-refractivity contribution in [1.29, 1.82) is 0 Å². The van der Waals surface area contributed by atoms with Gasteiger partial charge in [0, 0.05) is 30.9 Å². The number of hydrogen-bond acceptors (Lipinski definition) is 5. The monoisotopic (exact) mass is 476 g/mol. The number of rotatable bonds is 8. The summed E-state index contributed by atoms with van der Waals surface area (Å²) in [6.07, 6.45) is 5.27. The van der Waals surface area contributed by atoms with E-state index in [-0.39, 0.29) is 50.0 Å². The third-order valence-electron chi connectivity index (χ3n) is 6.52. The van der Waals surface area contributed by atoms with Crippen LogP contribution in [0.4, 0.5) is 4.79 Å². The summed E-state index contributed by atoms with van der Waals surface area (Å²) < 4.78 is 11.2. The maximum absolute atomic E-state index is 12.7. The maximum atomic E-state index is 12.7. The first kappa shape index (κ1) is 24.3. The van der Waals surface area contributed by atoms with Gasteiger partial charge in [0.1, 0.15) is 13.2 Å². The first-order valence-electron chi connectivity index (χ1n) is 11.6. The Morgan fingerprint density at radius 2 is 1.77 bits per heavy atom. The van der Waals surface area contributed by atoms with Crippen molar-refractivity contribution < 1.29 is 29.0 Å². The number of alkyl carbamates (subject to hydrolysis) is 1. The zero-order valence-corrected chi connectivity index (χ0v) is 19.3. The molecule has 2 atom stereocenters. The van der Waals surface area contributed by atoms with Gasteiger partial charge in [-0.1, -0.05) is 54.5 Å². The molecule has 4 rings (SSSR count). The molecule has 2 aromatic carbocycles. The second-order valence-electron chi connectivity index (χ2n) is 8.75. The molecule has 1 saturated heterocycles. The van der Waals surface area contributed by atoms with Crippen molar-refractivity contribution in [2.45, 2.75) is 24.8 Å². The van der Waals surface area contributed by atoms with Crippen LogP contribution in [0.3, 0.4) is 0 Å². The fourth-order valence-electron chi connectivity index (χ4n) is 4.84. The van der Waals surface area contributed by atoms with Crippen molar-refractivity contribution in [2.24, 2.45) is 5.92 Å². The summed E-state index contributed by atoms with van der Waals surface area (Å²) in [5.41, 5.74) is 4.56. The highest BCUT2D eigenvalue weighted by atomic mass is 16.5. The number of ether oxygens (including phenoxy) is 2. The molecular weight excluding hydrogens is 448 g/mol. The molecule has 2 unspecified atom stereocenters. The third kappa shape index (κ3) is 5.64. The van der Waals surface area contributed by atoms with E-state index in [2.05, 4.69) is 35.5 Å². The summed E-state index contributed by atoms with van der Waals surface area (Å²) in [5, 5.41) is 11.9. The van der Waals surface area contributed by atoms with Crippen molar-refractivity contribution in [3.8, 4) is 23.5 Å². The molecule has 1 aliphatic carbocycles. The molecule has 0 bridgehead atoms. The van der Waals surface area contributed by atoms with Crippen molar-refractivity contribution in [2.75, 3.05) is 32.9 Å². The van der Waals surface area contributed by atoms with E-state index in [9.17, 15) is 14.4 Å². The minimum absolute atomic E-state index is 0.0171. The number of carbonyl (C=O) groups is 3. The van der Waals surface area contributed by atoms with Crippen molar-refractivity contribution in [3.05, 3.63) is 59.7 Å². The number of hydrogen-bond donors (Lipinski definition) is 2. The summed E-state index contributed by atoms with van der Waals surface area (Å²) in [4.78, 5) is 37.6. The number of nitrogens with one attached hydrogen (secondary N) is 1. The molecule has 2 N–H and O–H groups in total. The third-order valence-corrected chi connectivity index (χ3v) is 6.52. The summed E-state index contributed by atoms with van der Waals surface area (Å²) in [7, 11) is 0. The molecular formula is C27H28N2O6. The average molecular weight is 477 g/mol. The van der Waals surface area contributed by atoms with Crippen LogP contribution >= 0.6 is 0 Å². The van der Waals surface area contributed by atoms with E-state index in [0.717, 1.165) is 27.2 Å². The highest BCUT2D eigenvalue weighted by Crippen LogP contribution is 2.44. The van der Waals surface area contributed by atoms with Crippen LogP contribution in [0.2, 0.25) is 0 Å². The average Bonchev–Trinajstić information content (AvgIpc) is 3.17. The molecule has 0 aromatic heterocycles. The van der Waals surface area contributed by atoms with E-state index < -0.39 is 18.6 Å². The number of aliphatic carboxylic acids is 1. The Hall–Kier alpha value is -3.83. The molecule has 1 aliphatic heterocycles. The number of carboxylic acids is 1. The van der Waals surface area contributed by atoms with Gasteiger partial charge in [-0.3, -0.25) is 9.59 Å². The maximum Gasteiger partial charge on any atom is 0.407 e. The number of fused-ring (bicyclic) bond motifs is 3. The summed E-state index contributed by atoms with van der Waals surface area (Å²) in [6, 6.07) is 15.9. The lowest BCUT2D eigenvalue weighted by Crippen LogP contribution is -2.48. The highest BCUT2D eigenvalue weighted by Gasteiger charge is 2.33. The lowest BCUT2D eigenvalue weighted by Gasteiger charge is -2.32. The van der Waals surface area contributed by atoms with Gasteiger partial charge >= 0.3 is 12.1 Å². The minimum atomic E-state index is -1.14. The fraction of sp³-hybridized carbons (Fsp3) is 0.370. The van der Waals surface area contributed by atoms with Crippen LogP contribution in [-0.4, -0.2) is 66.9 Å². The Morgan fingerprint density at radius 3 is 2.40 bits per heavy atom. The van der Waals surface area contributed by atoms with E-state index in [1.165, 1.54) is 0 Å². The number of benzene rings is 2. The largest absolute Gasteiger partial charge is 0.480 e. The number of amides is 2. The predicted molar refractivity (Wildman–Crippen MR) is 129 cm³/mol.